The van der Waals surface area contributed by atoms with Gasteiger partial charge < -0.3 is 10.2 Å². The number of carbonyl (C=O) groups is 2. The lowest BCUT2D eigenvalue weighted by molar-refractivity contribution is -0.126. The highest BCUT2D eigenvalue weighted by molar-refractivity contribution is 7.15. The molecule has 32 heavy (non-hydrogen) atoms. The third-order valence-corrected chi connectivity index (χ3v) is 7.72. The van der Waals surface area contributed by atoms with E-state index in [0.717, 1.165) is 35.7 Å². The zero-order valence-electron chi connectivity index (χ0n) is 18.7. The van der Waals surface area contributed by atoms with Crippen molar-refractivity contribution in [3.63, 3.8) is 0 Å². The molecule has 1 aliphatic carbocycles. The minimum absolute atomic E-state index is 0.206. The van der Waals surface area contributed by atoms with Gasteiger partial charge in [0.2, 0.25) is 22.1 Å². The highest BCUT2D eigenvalue weighted by Gasteiger charge is 2.32. The van der Waals surface area contributed by atoms with Crippen LogP contribution in [-0.2, 0) is 9.59 Å². The molecule has 4 N–H and O–H groups in total. The van der Waals surface area contributed by atoms with Crippen molar-refractivity contribution in [3.8, 4) is 0 Å². The first kappa shape index (κ1) is 24.6. The molecule has 0 bridgehead atoms. The Hall–Kier alpha value is -2.02. The van der Waals surface area contributed by atoms with Crippen molar-refractivity contribution < 1.29 is 19.8 Å². The second-order valence-electron chi connectivity index (χ2n) is 9.44. The number of aliphatic hydroxyl groups excluding tert-OH is 2. The second kappa shape index (κ2) is 9.86. The van der Waals surface area contributed by atoms with Crippen LogP contribution in [-0.4, -0.2) is 55.6 Å². The van der Waals surface area contributed by atoms with Crippen molar-refractivity contribution in [1.82, 2.24) is 20.4 Å². The molecule has 3 rings (SSSR count). The Balaban J connectivity index is 1.63. The van der Waals surface area contributed by atoms with Crippen LogP contribution < -0.4 is 10.6 Å². The summed E-state index contributed by atoms with van der Waals surface area (Å²) in [5, 5.41) is 43.6. The first-order chi connectivity index (χ1) is 15.1. The van der Waals surface area contributed by atoms with Gasteiger partial charge in [-0.3, -0.25) is 20.2 Å². The zero-order valence-corrected chi connectivity index (χ0v) is 20.3. The molecule has 0 radical (unpaired) electrons. The molecule has 2 aromatic rings. The first-order valence-corrected chi connectivity index (χ1v) is 12.2. The molecule has 0 aliphatic heterocycles. The van der Waals surface area contributed by atoms with E-state index >= 15 is 0 Å². The highest BCUT2D eigenvalue weighted by Crippen LogP contribution is 2.43. The van der Waals surface area contributed by atoms with E-state index in [2.05, 4.69) is 31.0 Å². The summed E-state index contributed by atoms with van der Waals surface area (Å²) in [6.45, 7) is 6.16. The number of carbonyl (C=O) groups excluding carboxylic acids is 2. The Morgan fingerprint density at radius 2 is 1.25 bits per heavy atom. The van der Waals surface area contributed by atoms with Gasteiger partial charge >= 0.3 is 0 Å². The number of amides is 2. The van der Waals surface area contributed by atoms with E-state index in [-0.39, 0.29) is 36.9 Å². The summed E-state index contributed by atoms with van der Waals surface area (Å²) in [4.78, 5) is 24.5. The number of anilines is 2. The van der Waals surface area contributed by atoms with Crippen LogP contribution in [0, 0.1) is 10.8 Å². The fourth-order valence-corrected chi connectivity index (χ4v) is 4.99. The van der Waals surface area contributed by atoms with Crippen molar-refractivity contribution in [1.29, 1.82) is 0 Å². The number of rotatable bonds is 8. The van der Waals surface area contributed by atoms with Crippen LogP contribution in [0.5, 0.6) is 0 Å². The molecule has 0 spiro atoms. The van der Waals surface area contributed by atoms with Crippen molar-refractivity contribution in [3.05, 3.63) is 10.0 Å². The topological polar surface area (TPSA) is 150 Å². The molecular weight excluding hydrogens is 452 g/mol. The minimum atomic E-state index is -0.890. The number of aliphatic hydroxyl groups is 2. The molecule has 2 heterocycles. The molecule has 2 atom stereocenters. The second-order valence-corrected chi connectivity index (χ2v) is 11.5. The van der Waals surface area contributed by atoms with Crippen molar-refractivity contribution >= 4 is 44.8 Å². The van der Waals surface area contributed by atoms with Crippen molar-refractivity contribution in [2.45, 2.75) is 65.2 Å². The maximum Gasteiger partial charge on any atom is 0.234 e. The predicted octanol–water partition coefficient (Wildman–Crippen LogP) is 2.75. The number of hydrogen-bond donors (Lipinski definition) is 4. The standard InChI is InChI=1S/C20H30N6O4S2/c1-19(2,9-27)15(29)21-17-25-23-13(31-17)11-6-5-7-12(8-11)14-24-26-18(32-14)22-16(30)20(3,4)10-28/h11-12,27-28H,5-10H2,1-4H3,(H,21,25,29)(H,22,26,30). The van der Waals surface area contributed by atoms with Crippen molar-refractivity contribution in [2.75, 3.05) is 23.8 Å². The van der Waals surface area contributed by atoms with E-state index in [0.29, 0.717) is 10.3 Å². The van der Waals surface area contributed by atoms with Gasteiger partial charge in [0.05, 0.1) is 24.0 Å². The molecule has 12 heteroatoms. The Morgan fingerprint density at radius 3 is 1.62 bits per heavy atom. The van der Waals surface area contributed by atoms with Crippen LogP contribution >= 0.6 is 22.7 Å². The lowest BCUT2D eigenvalue weighted by Gasteiger charge is -2.25. The van der Waals surface area contributed by atoms with Crippen LogP contribution in [0.3, 0.4) is 0 Å². The number of nitrogens with zero attached hydrogens (tertiary/aromatic N) is 4. The monoisotopic (exact) mass is 482 g/mol. The molecule has 0 saturated heterocycles. The number of nitrogens with one attached hydrogen (secondary N) is 2. The van der Waals surface area contributed by atoms with Gasteiger partial charge in [0.1, 0.15) is 10.0 Å². The van der Waals surface area contributed by atoms with Gasteiger partial charge in [0.25, 0.3) is 0 Å². The van der Waals surface area contributed by atoms with E-state index in [9.17, 15) is 19.8 Å². The molecular formula is C20H30N6O4S2. The lowest BCUT2D eigenvalue weighted by atomic mass is 9.82. The SMILES string of the molecule is CC(C)(CO)C(=O)Nc1nnc(C2CCCC(c3nnc(NC(=O)C(C)(C)CO)s3)C2)s1. The Labute approximate surface area is 194 Å². The molecule has 10 nitrogen and oxygen atoms in total. The third-order valence-electron chi connectivity index (χ3n) is 5.71. The van der Waals surface area contributed by atoms with E-state index in [1.54, 1.807) is 27.7 Å². The van der Waals surface area contributed by atoms with Gasteiger partial charge in [-0.05, 0) is 47.0 Å². The molecule has 2 aromatic heterocycles. The summed E-state index contributed by atoms with van der Waals surface area (Å²) in [5.41, 5.74) is -1.78. The van der Waals surface area contributed by atoms with Crippen LogP contribution in [0.4, 0.5) is 10.3 Å². The summed E-state index contributed by atoms with van der Waals surface area (Å²) in [6, 6.07) is 0. The smallest absolute Gasteiger partial charge is 0.234 e. The van der Waals surface area contributed by atoms with E-state index in [1.165, 1.54) is 22.7 Å². The average Bonchev–Trinajstić information content (AvgIpc) is 3.43. The van der Waals surface area contributed by atoms with Crippen molar-refractivity contribution in [2.24, 2.45) is 10.8 Å². The average molecular weight is 483 g/mol. The van der Waals surface area contributed by atoms with Gasteiger partial charge in [0, 0.05) is 11.8 Å². The molecule has 1 saturated carbocycles. The quantitative estimate of drug-likeness (QED) is 0.448. The van der Waals surface area contributed by atoms with Crippen LogP contribution in [0.15, 0.2) is 0 Å². The summed E-state index contributed by atoms with van der Waals surface area (Å²) in [7, 11) is 0. The zero-order chi connectivity index (χ0) is 23.5. The predicted molar refractivity (Wildman–Crippen MR) is 123 cm³/mol. The molecule has 2 amide bonds. The van der Waals surface area contributed by atoms with Gasteiger partial charge in [-0.2, -0.15) is 0 Å². The third kappa shape index (κ3) is 5.66. The highest BCUT2D eigenvalue weighted by atomic mass is 32.1. The Bertz CT molecular complexity index is 883. The van der Waals surface area contributed by atoms with Crippen LogP contribution in [0.2, 0.25) is 0 Å². The Kier molecular flexibility index (Phi) is 7.58. The van der Waals surface area contributed by atoms with Crippen LogP contribution in [0.1, 0.15) is 75.2 Å². The van der Waals surface area contributed by atoms with Gasteiger partial charge in [0.15, 0.2) is 0 Å². The largest absolute Gasteiger partial charge is 0.395 e. The summed E-state index contributed by atoms with van der Waals surface area (Å²) in [5.74, 6) is -0.176. The van der Waals surface area contributed by atoms with Crippen LogP contribution in [0.25, 0.3) is 0 Å². The van der Waals surface area contributed by atoms with Gasteiger partial charge in [-0.1, -0.05) is 29.1 Å². The summed E-state index contributed by atoms with van der Waals surface area (Å²) < 4.78 is 0. The van der Waals surface area contributed by atoms with E-state index < -0.39 is 10.8 Å². The fourth-order valence-electron chi connectivity index (χ4n) is 3.21. The molecule has 2 unspecified atom stereocenters. The molecule has 0 aromatic carbocycles. The lowest BCUT2D eigenvalue weighted by Crippen LogP contribution is -2.33. The number of hydrogen-bond acceptors (Lipinski definition) is 10. The Morgan fingerprint density at radius 1 is 0.844 bits per heavy atom. The molecule has 176 valence electrons. The molecule has 1 aliphatic rings. The normalized spacial score (nSPS) is 19.6. The first-order valence-electron chi connectivity index (χ1n) is 10.6. The maximum atomic E-state index is 12.3. The number of aromatic nitrogens is 4. The maximum absolute atomic E-state index is 12.3. The summed E-state index contributed by atoms with van der Waals surface area (Å²) in [6.07, 6.45) is 3.81. The fraction of sp³-hybridized carbons (Fsp3) is 0.700. The molecule has 1 fully saturated rings. The van der Waals surface area contributed by atoms with E-state index in [4.69, 9.17) is 0 Å². The minimum Gasteiger partial charge on any atom is -0.395 e. The van der Waals surface area contributed by atoms with Gasteiger partial charge in [-0.25, -0.2) is 0 Å². The van der Waals surface area contributed by atoms with E-state index in [1.807, 2.05) is 0 Å². The van der Waals surface area contributed by atoms with Gasteiger partial charge in [-0.15, -0.1) is 20.4 Å². The summed E-state index contributed by atoms with van der Waals surface area (Å²) >= 11 is 2.72.